The molecule has 0 aliphatic heterocycles. The van der Waals surface area contributed by atoms with E-state index in [1.807, 2.05) is 0 Å². The van der Waals surface area contributed by atoms with Gasteiger partial charge in [0.15, 0.2) is 0 Å². The molecule has 0 aromatic heterocycles. The molecule has 1 aliphatic carbocycles. The van der Waals surface area contributed by atoms with Crippen LogP contribution in [0.1, 0.15) is 52.9 Å². The second-order valence-corrected chi connectivity index (χ2v) is 6.39. The van der Waals surface area contributed by atoms with Crippen LogP contribution in [0.15, 0.2) is 0 Å². The van der Waals surface area contributed by atoms with Gasteiger partial charge in [0.05, 0.1) is 19.3 Å². The number of methoxy groups -OCH3 is 1. The molecule has 1 aliphatic rings. The Morgan fingerprint density at radius 1 is 1.28 bits per heavy atom. The first-order valence-electron chi connectivity index (χ1n) is 7.39. The SMILES string of the molecule is CCC(C)(C)C1CCC(NC(CO)COC)CC1. The van der Waals surface area contributed by atoms with Gasteiger partial charge in [-0.25, -0.2) is 0 Å². The lowest BCUT2D eigenvalue weighted by atomic mass is 9.69. The summed E-state index contributed by atoms with van der Waals surface area (Å²) in [6.07, 6.45) is 6.34. The third-order valence-corrected chi connectivity index (χ3v) is 4.80. The average molecular weight is 257 g/mol. The van der Waals surface area contributed by atoms with E-state index >= 15 is 0 Å². The highest BCUT2D eigenvalue weighted by Crippen LogP contribution is 2.40. The maximum Gasteiger partial charge on any atom is 0.0638 e. The van der Waals surface area contributed by atoms with Crippen molar-refractivity contribution in [3.05, 3.63) is 0 Å². The highest BCUT2D eigenvalue weighted by Gasteiger charge is 2.32. The third kappa shape index (κ3) is 4.52. The first-order valence-corrected chi connectivity index (χ1v) is 7.39. The van der Waals surface area contributed by atoms with Gasteiger partial charge >= 0.3 is 0 Å². The van der Waals surface area contributed by atoms with Gasteiger partial charge in [-0.1, -0.05) is 27.2 Å². The van der Waals surface area contributed by atoms with Crippen molar-refractivity contribution in [2.45, 2.75) is 65.0 Å². The standard InChI is InChI=1S/C15H31NO2/c1-5-15(2,3)12-6-8-13(9-7-12)16-14(10-17)11-18-4/h12-14,16-17H,5-11H2,1-4H3. The summed E-state index contributed by atoms with van der Waals surface area (Å²) in [5.74, 6) is 0.857. The molecule has 3 heteroatoms. The number of nitrogens with one attached hydrogen (secondary N) is 1. The fourth-order valence-electron chi connectivity index (χ4n) is 3.02. The minimum Gasteiger partial charge on any atom is -0.395 e. The highest BCUT2D eigenvalue weighted by atomic mass is 16.5. The van der Waals surface area contributed by atoms with Crippen molar-refractivity contribution >= 4 is 0 Å². The Balaban J connectivity index is 2.35. The first kappa shape index (κ1) is 15.9. The third-order valence-electron chi connectivity index (χ3n) is 4.80. The van der Waals surface area contributed by atoms with Crippen molar-refractivity contribution in [2.75, 3.05) is 20.3 Å². The van der Waals surface area contributed by atoms with Crippen LogP contribution in [0.3, 0.4) is 0 Å². The van der Waals surface area contributed by atoms with E-state index in [2.05, 4.69) is 26.1 Å². The summed E-state index contributed by atoms with van der Waals surface area (Å²) >= 11 is 0. The first-order chi connectivity index (χ1) is 8.53. The van der Waals surface area contributed by atoms with Crippen LogP contribution >= 0.6 is 0 Å². The Morgan fingerprint density at radius 2 is 1.89 bits per heavy atom. The number of aliphatic hydroxyl groups is 1. The van der Waals surface area contributed by atoms with Gasteiger partial charge < -0.3 is 15.2 Å². The Labute approximate surface area is 112 Å². The number of aliphatic hydroxyl groups excluding tert-OH is 1. The van der Waals surface area contributed by atoms with Crippen molar-refractivity contribution in [3.8, 4) is 0 Å². The van der Waals surface area contributed by atoms with Crippen molar-refractivity contribution in [1.29, 1.82) is 0 Å². The maximum absolute atomic E-state index is 9.26. The van der Waals surface area contributed by atoms with Crippen LogP contribution in [0.4, 0.5) is 0 Å². The van der Waals surface area contributed by atoms with Crippen LogP contribution in [0.2, 0.25) is 0 Å². The molecule has 0 radical (unpaired) electrons. The number of ether oxygens (including phenoxy) is 1. The zero-order valence-corrected chi connectivity index (χ0v) is 12.5. The molecule has 0 saturated heterocycles. The summed E-state index contributed by atoms with van der Waals surface area (Å²) in [4.78, 5) is 0. The lowest BCUT2D eigenvalue weighted by Crippen LogP contribution is -2.45. The zero-order chi connectivity index (χ0) is 13.6. The van der Waals surface area contributed by atoms with Crippen LogP contribution < -0.4 is 5.32 Å². The van der Waals surface area contributed by atoms with E-state index in [0.29, 0.717) is 18.1 Å². The molecule has 1 atom stereocenters. The van der Waals surface area contributed by atoms with Crippen molar-refractivity contribution < 1.29 is 9.84 Å². The van der Waals surface area contributed by atoms with Gasteiger partial charge in [0, 0.05) is 13.2 Å². The fourth-order valence-corrected chi connectivity index (χ4v) is 3.02. The van der Waals surface area contributed by atoms with Gasteiger partial charge in [-0.15, -0.1) is 0 Å². The van der Waals surface area contributed by atoms with Gasteiger partial charge in [0.1, 0.15) is 0 Å². The molecule has 108 valence electrons. The second kappa shape index (κ2) is 7.46. The Morgan fingerprint density at radius 3 is 2.33 bits per heavy atom. The van der Waals surface area contributed by atoms with Crippen LogP contribution in [-0.4, -0.2) is 37.5 Å². The number of hydrogen-bond donors (Lipinski definition) is 2. The molecule has 0 bridgehead atoms. The summed E-state index contributed by atoms with van der Waals surface area (Å²) in [6.45, 7) is 7.84. The molecule has 2 N–H and O–H groups in total. The van der Waals surface area contributed by atoms with E-state index in [-0.39, 0.29) is 12.6 Å². The minimum absolute atomic E-state index is 0.0933. The topological polar surface area (TPSA) is 41.5 Å². The molecular weight excluding hydrogens is 226 g/mol. The van der Waals surface area contributed by atoms with E-state index in [0.717, 1.165) is 5.92 Å². The van der Waals surface area contributed by atoms with Crippen molar-refractivity contribution in [3.63, 3.8) is 0 Å². The average Bonchev–Trinajstić information content (AvgIpc) is 2.39. The van der Waals surface area contributed by atoms with E-state index in [9.17, 15) is 5.11 Å². The predicted molar refractivity (Wildman–Crippen MR) is 75.7 cm³/mol. The molecule has 0 amide bonds. The maximum atomic E-state index is 9.26. The zero-order valence-electron chi connectivity index (χ0n) is 12.5. The summed E-state index contributed by atoms with van der Waals surface area (Å²) < 4.78 is 5.11. The largest absolute Gasteiger partial charge is 0.395 e. The normalized spacial score (nSPS) is 27.2. The van der Waals surface area contributed by atoms with Crippen LogP contribution in [0.25, 0.3) is 0 Å². The van der Waals surface area contributed by atoms with Crippen LogP contribution in [0.5, 0.6) is 0 Å². The molecule has 1 rings (SSSR count). The molecule has 0 aromatic carbocycles. The van der Waals surface area contributed by atoms with Gasteiger partial charge in [-0.05, 0) is 37.0 Å². The molecule has 1 fully saturated rings. The molecule has 3 nitrogen and oxygen atoms in total. The van der Waals surface area contributed by atoms with Crippen molar-refractivity contribution in [1.82, 2.24) is 5.32 Å². The number of hydrogen-bond acceptors (Lipinski definition) is 3. The van der Waals surface area contributed by atoms with E-state index in [1.54, 1.807) is 7.11 Å². The smallest absolute Gasteiger partial charge is 0.0638 e. The van der Waals surface area contributed by atoms with Gasteiger partial charge in [-0.2, -0.15) is 0 Å². The molecule has 1 saturated carbocycles. The molecular formula is C15H31NO2. The fraction of sp³-hybridized carbons (Fsp3) is 1.00. The van der Waals surface area contributed by atoms with E-state index in [1.165, 1.54) is 32.1 Å². The Hall–Kier alpha value is -0.120. The van der Waals surface area contributed by atoms with E-state index < -0.39 is 0 Å². The second-order valence-electron chi connectivity index (χ2n) is 6.39. The predicted octanol–water partition coefficient (Wildman–Crippen LogP) is 2.58. The highest BCUT2D eigenvalue weighted by molar-refractivity contribution is 4.86. The summed E-state index contributed by atoms with van der Waals surface area (Å²) in [7, 11) is 1.69. The van der Waals surface area contributed by atoms with Crippen molar-refractivity contribution in [2.24, 2.45) is 11.3 Å². The summed E-state index contributed by atoms with van der Waals surface area (Å²) in [5, 5.41) is 12.8. The van der Waals surface area contributed by atoms with Crippen LogP contribution in [-0.2, 0) is 4.74 Å². The van der Waals surface area contributed by atoms with Gasteiger partial charge in [0.25, 0.3) is 0 Å². The lowest BCUT2D eigenvalue weighted by Gasteiger charge is -2.39. The monoisotopic (exact) mass is 257 g/mol. The molecule has 1 unspecified atom stereocenters. The number of rotatable bonds is 7. The summed E-state index contributed by atoms with van der Waals surface area (Å²) in [5.41, 5.74) is 0.480. The van der Waals surface area contributed by atoms with Gasteiger partial charge in [0.2, 0.25) is 0 Å². The Kier molecular flexibility index (Phi) is 6.61. The molecule has 0 heterocycles. The quantitative estimate of drug-likeness (QED) is 0.736. The lowest BCUT2D eigenvalue weighted by molar-refractivity contribution is 0.0996. The molecule has 18 heavy (non-hydrogen) atoms. The molecule has 0 spiro atoms. The van der Waals surface area contributed by atoms with E-state index in [4.69, 9.17) is 4.74 Å². The minimum atomic E-state index is 0.0933. The van der Waals surface area contributed by atoms with Crippen LogP contribution in [0, 0.1) is 11.3 Å². The van der Waals surface area contributed by atoms with Gasteiger partial charge in [-0.3, -0.25) is 0 Å². The Bertz CT molecular complexity index is 223. The summed E-state index contributed by atoms with van der Waals surface area (Å²) in [6, 6.07) is 0.650. The molecule has 0 aromatic rings.